The van der Waals surface area contributed by atoms with Crippen molar-refractivity contribution in [2.75, 3.05) is 38.5 Å². The zero-order valence-electron chi connectivity index (χ0n) is 12.1. The largest absolute Gasteiger partial charge is 0.358 e. The van der Waals surface area contributed by atoms with Crippen LogP contribution in [0.15, 0.2) is 30.0 Å². The monoisotopic (exact) mass is 306 g/mol. The van der Waals surface area contributed by atoms with E-state index in [4.69, 9.17) is 5.26 Å². The summed E-state index contributed by atoms with van der Waals surface area (Å²) in [6.45, 7) is 2.53. The molecule has 1 saturated heterocycles. The number of nitrogens with one attached hydrogen (secondary N) is 1. The van der Waals surface area contributed by atoms with Gasteiger partial charge in [0.1, 0.15) is 23.3 Å². The molecule has 0 radical (unpaired) electrons. The summed E-state index contributed by atoms with van der Waals surface area (Å²) in [7, 11) is 1.96. The van der Waals surface area contributed by atoms with Crippen molar-refractivity contribution < 1.29 is 13.6 Å². The Hall–Kier alpha value is -2.46. The van der Waals surface area contributed by atoms with Crippen molar-refractivity contribution in [2.45, 2.75) is 0 Å². The number of nitrogens with zero attached hydrogens (tertiary/aromatic N) is 3. The number of benzene rings is 1. The molecule has 7 heteroatoms. The first-order chi connectivity index (χ1) is 10.5. The third-order valence-electron chi connectivity index (χ3n) is 3.44. The number of anilines is 1. The Morgan fingerprint density at radius 1 is 1.32 bits per heavy atom. The van der Waals surface area contributed by atoms with E-state index in [1.165, 1.54) is 0 Å². The predicted octanol–water partition coefficient (Wildman–Crippen LogP) is 1.56. The first-order valence-electron chi connectivity index (χ1n) is 6.81. The molecule has 1 amide bonds. The summed E-state index contributed by atoms with van der Waals surface area (Å²) < 4.78 is 26.5. The van der Waals surface area contributed by atoms with E-state index in [0.29, 0.717) is 13.1 Å². The molecule has 1 aliphatic rings. The Bertz CT molecular complexity index is 631. The summed E-state index contributed by atoms with van der Waals surface area (Å²) in [5.41, 5.74) is -0.271. The molecule has 1 heterocycles. The standard InChI is InChI=1S/C15H16F2N4O/c1-20-4-6-21(7-5-20)15(22)11(9-18)10-19-14-8-12(16)2-3-13(14)17/h2-3,8,10,19H,4-7H2,1H3/b11-10-. The van der Waals surface area contributed by atoms with Crippen LogP contribution in [0.1, 0.15) is 0 Å². The highest BCUT2D eigenvalue weighted by atomic mass is 19.1. The lowest BCUT2D eigenvalue weighted by Gasteiger charge is -2.32. The number of hydrogen-bond donors (Lipinski definition) is 1. The second kappa shape index (κ2) is 7.00. The number of hydrogen-bond acceptors (Lipinski definition) is 4. The molecule has 0 saturated carbocycles. The highest BCUT2D eigenvalue weighted by Crippen LogP contribution is 2.16. The molecule has 1 aliphatic heterocycles. The zero-order chi connectivity index (χ0) is 16.1. The molecule has 0 spiro atoms. The van der Waals surface area contributed by atoms with Crippen molar-refractivity contribution in [1.82, 2.24) is 9.80 Å². The molecule has 0 unspecified atom stereocenters. The van der Waals surface area contributed by atoms with Crippen molar-refractivity contribution in [1.29, 1.82) is 5.26 Å². The van der Waals surface area contributed by atoms with Gasteiger partial charge in [0.05, 0.1) is 5.69 Å². The normalized spacial score (nSPS) is 16.3. The summed E-state index contributed by atoms with van der Waals surface area (Å²) in [6.07, 6.45) is 1.11. The van der Waals surface area contributed by atoms with Crippen LogP contribution in [0.25, 0.3) is 0 Å². The summed E-state index contributed by atoms with van der Waals surface area (Å²) in [5, 5.41) is 11.6. The van der Waals surface area contributed by atoms with Crippen LogP contribution < -0.4 is 5.32 Å². The van der Waals surface area contributed by atoms with Gasteiger partial charge in [-0.2, -0.15) is 5.26 Å². The minimum Gasteiger partial charge on any atom is -0.358 e. The maximum absolute atomic E-state index is 13.5. The smallest absolute Gasteiger partial charge is 0.266 e. The van der Waals surface area contributed by atoms with Gasteiger partial charge in [0.15, 0.2) is 0 Å². The maximum Gasteiger partial charge on any atom is 0.266 e. The first-order valence-corrected chi connectivity index (χ1v) is 6.81. The Balaban J connectivity index is 2.09. The number of rotatable bonds is 3. The molecule has 0 bridgehead atoms. The van der Waals surface area contributed by atoms with Gasteiger partial charge in [-0.05, 0) is 19.2 Å². The van der Waals surface area contributed by atoms with Crippen LogP contribution in [0.2, 0.25) is 0 Å². The lowest BCUT2D eigenvalue weighted by molar-refractivity contribution is -0.128. The third kappa shape index (κ3) is 3.80. The summed E-state index contributed by atoms with van der Waals surface area (Å²) in [6, 6.07) is 4.71. The number of amides is 1. The van der Waals surface area contributed by atoms with E-state index < -0.39 is 17.5 Å². The van der Waals surface area contributed by atoms with Gasteiger partial charge in [0.2, 0.25) is 0 Å². The molecular weight excluding hydrogens is 290 g/mol. The van der Waals surface area contributed by atoms with E-state index in [-0.39, 0.29) is 11.3 Å². The molecule has 2 rings (SSSR count). The fraction of sp³-hybridized carbons (Fsp3) is 0.333. The zero-order valence-corrected chi connectivity index (χ0v) is 12.1. The highest BCUT2D eigenvalue weighted by molar-refractivity contribution is 5.97. The van der Waals surface area contributed by atoms with Crippen LogP contribution in [0.4, 0.5) is 14.5 Å². The van der Waals surface area contributed by atoms with Gasteiger partial charge in [0, 0.05) is 38.4 Å². The molecule has 0 aliphatic carbocycles. The lowest BCUT2D eigenvalue weighted by atomic mass is 10.2. The molecule has 1 fully saturated rings. The van der Waals surface area contributed by atoms with E-state index >= 15 is 0 Å². The molecule has 0 aromatic heterocycles. The van der Waals surface area contributed by atoms with E-state index in [0.717, 1.165) is 37.5 Å². The van der Waals surface area contributed by atoms with E-state index in [1.54, 1.807) is 11.0 Å². The van der Waals surface area contributed by atoms with Crippen LogP contribution >= 0.6 is 0 Å². The van der Waals surface area contributed by atoms with Crippen molar-refractivity contribution in [3.8, 4) is 6.07 Å². The van der Waals surface area contributed by atoms with E-state index in [9.17, 15) is 13.6 Å². The van der Waals surface area contributed by atoms with Gasteiger partial charge >= 0.3 is 0 Å². The summed E-state index contributed by atoms with van der Waals surface area (Å²) >= 11 is 0. The van der Waals surface area contributed by atoms with Gasteiger partial charge in [-0.25, -0.2) is 8.78 Å². The average Bonchev–Trinajstić information content (AvgIpc) is 2.51. The molecule has 1 N–H and O–H groups in total. The Kier molecular flexibility index (Phi) is 5.07. The average molecular weight is 306 g/mol. The van der Waals surface area contributed by atoms with Gasteiger partial charge in [-0.15, -0.1) is 0 Å². The lowest BCUT2D eigenvalue weighted by Crippen LogP contribution is -2.47. The Morgan fingerprint density at radius 2 is 2.00 bits per heavy atom. The minimum absolute atomic E-state index is 0.126. The van der Waals surface area contributed by atoms with Crippen LogP contribution in [-0.2, 0) is 4.79 Å². The van der Waals surface area contributed by atoms with Crippen molar-refractivity contribution in [2.24, 2.45) is 0 Å². The van der Waals surface area contributed by atoms with Gasteiger partial charge in [-0.3, -0.25) is 4.79 Å². The quantitative estimate of drug-likeness (QED) is 0.680. The molecule has 5 nitrogen and oxygen atoms in total. The molecule has 1 aromatic carbocycles. The summed E-state index contributed by atoms with van der Waals surface area (Å²) in [5.74, 6) is -1.69. The number of nitriles is 1. The SMILES string of the molecule is CN1CCN(C(=O)/C(C#N)=C\Nc2cc(F)ccc2F)CC1. The van der Waals surface area contributed by atoms with Crippen LogP contribution in [-0.4, -0.2) is 48.9 Å². The van der Waals surface area contributed by atoms with E-state index in [1.807, 2.05) is 7.05 Å². The van der Waals surface area contributed by atoms with Gasteiger partial charge in [0.25, 0.3) is 5.91 Å². The predicted molar refractivity (Wildman–Crippen MR) is 77.8 cm³/mol. The van der Waals surface area contributed by atoms with Crippen molar-refractivity contribution in [3.05, 3.63) is 41.6 Å². The Morgan fingerprint density at radius 3 is 2.64 bits per heavy atom. The minimum atomic E-state index is -0.665. The van der Waals surface area contributed by atoms with Gasteiger partial charge in [-0.1, -0.05) is 0 Å². The molecule has 22 heavy (non-hydrogen) atoms. The van der Waals surface area contributed by atoms with Crippen LogP contribution in [0, 0.1) is 23.0 Å². The van der Waals surface area contributed by atoms with Gasteiger partial charge < -0.3 is 15.1 Å². The molecule has 0 atom stereocenters. The molecular formula is C15H16F2N4O. The number of halogens is 2. The fourth-order valence-electron chi connectivity index (χ4n) is 2.08. The number of piperazine rings is 1. The number of likely N-dealkylation sites (N-methyl/N-ethyl adjacent to an activating group) is 1. The second-order valence-corrected chi connectivity index (χ2v) is 5.03. The second-order valence-electron chi connectivity index (χ2n) is 5.03. The number of carbonyl (C=O) groups is 1. The highest BCUT2D eigenvalue weighted by Gasteiger charge is 2.22. The first kappa shape index (κ1) is 15.9. The Labute approximate surface area is 127 Å². The molecule has 116 valence electrons. The number of carbonyl (C=O) groups excluding carboxylic acids is 1. The van der Waals surface area contributed by atoms with E-state index in [2.05, 4.69) is 10.2 Å². The van der Waals surface area contributed by atoms with Crippen LogP contribution in [0.3, 0.4) is 0 Å². The maximum atomic E-state index is 13.5. The van der Waals surface area contributed by atoms with Crippen LogP contribution in [0.5, 0.6) is 0 Å². The van der Waals surface area contributed by atoms with Crippen molar-refractivity contribution in [3.63, 3.8) is 0 Å². The topological polar surface area (TPSA) is 59.4 Å². The molecule has 1 aromatic rings. The van der Waals surface area contributed by atoms with Crippen molar-refractivity contribution >= 4 is 11.6 Å². The third-order valence-corrected chi connectivity index (χ3v) is 3.44. The summed E-state index contributed by atoms with van der Waals surface area (Å²) in [4.78, 5) is 15.9. The fourth-order valence-corrected chi connectivity index (χ4v) is 2.08.